The SMILES string of the molecule is CCCc1cnc(C)nc1N1CCC2(CC1)OCCc1cnc(N)nc12. The highest BCUT2D eigenvalue weighted by Gasteiger charge is 2.43. The molecule has 0 amide bonds. The van der Waals surface area contributed by atoms with Crippen LogP contribution in [-0.2, 0) is 23.2 Å². The molecule has 0 saturated carbocycles. The zero-order valence-electron chi connectivity index (χ0n) is 15.5. The molecule has 0 unspecified atom stereocenters. The van der Waals surface area contributed by atoms with Gasteiger partial charge >= 0.3 is 0 Å². The Morgan fingerprint density at radius 2 is 2.00 bits per heavy atom. The molecule has 4 rings (SSSR count). The molecule has 0 atom stereocenters. The van der Waals surface area contributed by atoms with Crippen LogP contribution in [-0.4, -0.2) is 39.6 Å². The van der Waals surface area contributed by atoms with E-state index in [1.54, 1.807) is 0 Å². The quantitative estimate of drug-likeness (QED) is 0.903. The van der Waals surface area contributed by atoms with Crippen LogP contribution in [0.2, 0.25) is 0 Å². The minimum Gasteiger partial charge on any atom is -0.368 e. The molecule has 7 heteroatoms. The molecule has 0 aromatic carbocycles. The molecule has 26 heavy (non-hydrogen) atoms. The van der Waals surface area contributed by atoms with E-state index in [0.29, 0.717) is 12.6 Å². The number of nitrogens with zero attached hydrogens (tertiary/aromatic N) is 5. The number of piperidine rings is 1. The van der Waals surface area contributed by atoms with E-state index >= 15 is 0 Å². The van der Waals surface area contributed by atoms with Gasteiger partial charge in [-0.1, -0.05) is 13.3 Å². The number of rotatable bonds is 3. The molecular weight excluding hydrogens is 328 g/mol. The molecule has 4 heterocycles. The average molecular weight is 354 g/mol. The minimum atomic E-state index is -0.339. The fraction of sp³-hybridized carbons (Fsp3) is 0.579. The van der Waals surface area contributed by atoms with Gasteiger partial charge in [0.1, 0.15) is 17.2 Å². The fourth-order valence-corrected chi connectivity index (χ4v) is 4.09. The Hall–Kier alpha value is -2.28. The monoisotopic (exact) mass is 354 g/mol. The van der Waals surface area contributed by atoms with Crippen molar-refractivity contribution in [3.05, 3.63) is 35.0 Å². The average Bonchev–Trinajstić information content (AvgIpc) is 2.65. The Kier molecular flexibility index (Phi) is 4.48. The summed E-state index contributed by atoms with van der Waals surface area (Å²) in [5, 5.41) is 0. The molecule has 7 nitrogen and oxygen atoms in total. The second kappa shape index (κ2) is 6.79. The molecule has 2 aliphatic rings. The van der Waals surface area contributed by atoms with E-state index in [-0.39, 0.29) is 5.60 Å². The first-order valence-electron chi connectivity index (χ1n) is 9.44. The predicted molar refractivity (Wildman–Crippen MR) is 100.0 cm³/mol. The van der Waals surface area contributed by atoms with E-state index in [9.17, 15) is 0 Å². The Balaban J connectivity index is 1.59. The molecule has 0 aliphatic carbocycles. The third-order valence-electron chi connectivity index (χ3n) is 5.42. The number of fused-ring (bicyclic) bond motifs is 2. The second-order valence-corrected chi connectivity index (χ2v) is 7.20. The lowest BCUT2D eigenvalue weighted by atomic mass is 9.83. The molecule has 1 saturated heterocycles. The Morgan fingerprint density at radius 1 is 1.19 bits per heavy atom. The highest BCUT2D eigenvalue weighted by molar-refractivity contribution is 5.47. The molecular formula is C19H26N6O. The van der Waals surface area contributed by atoms with Gasteiger partial charge in [-0.05, 0) is 38.2 Å². The van der Waals surface area contributed by atoms with Gasteiger partial charge in [-0.2, -0.15) is 0 Å². The third kappa shape index (κ3) is 3.00. The summed E-state index contributed by atoms with van der Waals surface area (Å²) in [5.41, 5.74) is 8.90. The van der Waals surface area contributed by atoms with Crippen LogP contribution in [0.1, 0.15) is 48.8 Å². The summed E-state index contributed by atoms with van der Waals surface area (Å²) in [6, 6.07) is 0. The molecule has 1 fully saturated rings. The van der Waals surface area contributed by atoms with Crippen molar-refractivity contribution in [3.8, 4) is 0 Å². The first-order chi connectivity index (χ1) is 12.6. The van der Waals surface area contributed by atoms with Crippen LogP contribution in [0.5, 0.6) is 0 Å². The molecule has 0 bridgehead atoms. The van der Waals surface area contributed by atoms with Crippen molar-refractivity contribution in [2.24, 2.45) is 0 Å². The lowest BCUT2D eigenvalue weighted by Gasteiger charge is -2.44. The standard InChI is InChI=1S/C19H26N6O/c1-3-4-15-12-21-13(2)23-17(15)25-8-6-19(7-9-25)16-14(5-10-26-19)11-22-18(20)24-16/h11-12H,3-10H2,1-2H3,(H2,20,22,24). The van der Waals surface area contributed by atoms with Gasteiger partial charge in [0, 0.05) is 31.0 Å². The second-order valence-electron chi connectivity index (χ2n) is 7.20. The van der Waals surface area contributed by atoms with Crippen LogP contribution in [0, 0.1) is 6.92 Å². The first kappa shape index (κ1) is 17.1. The number of ether oxygens (including phenoxy) is 1. The number of anilines is 2. The summed E-state index contributed by atoms with van der Waals surface area (Å²) in [6.07, 6.45) is 8.54. The van der Waals surface area contributed by atoms with Crippen LogP contribution >= 0.6 is 0 Å². The highest BCUT2D eigenvalue weighted by Crippen LogP contribution is 2.41. The van der Waals surface area contributed by atoms with Crippen molar-refractivity contribution < 1.29 is 4.74 Å². The number of hydrogen-bond acceptors (Lipinski definition) is 7. The Morgan fingerprint density at radius 3 is 2.77 bits per heavy atom. The van der Waals surface area contributed by atoms with E-state index in [4.69, 9.17) is 15.5 Å². The first-order valence-corrected chi connectivity index (χ1v) is 9.44. The van der Waals surface area contributed by atoms with Crippen molar-refractivity contribution in [1.82, 2.24) is 19.9 Å². The maximum atomic E-state index is 6.27. The number of hydrogen-bond donors (Lipinski definition) is 1. The van der Waals surface area contributed by atoms with Crippen molar-refractivity contribution in [2.75, 3.05) is 30.3 Å². The van der Waals surface area contributed by atoms with Gasteiger partial charge < -0.3 is 15.4 Å². The molecule has 2 N–H and O–H groups in total. The lowest BCUT2D eigenvalue weighted by Crippen LogP contribution is -2.47. The van der Waals surface area contributed by atoms with Gasteiger partial charge in [0.15, 0.2) is 0 Å². The zero-order chi connectivity index (χ0) is 18.1. The van der Waals surface area contributed by atoms with Crippen LogP contribution in [0.15, 0.2) is 12.4 Å². The fourth-order valence-electron chi connectivity index (χ4n) is 4.09. The van der Waals surface area contributed by atoms with E-state index < -0.39 is 0 Å². The van der Waals surface area contributed by atoms with E-state index in [2.05, 4.69) is 26.8 Å². The van der Waals surface area contributed by atoms with Crippen LogP contribution in [0.3, 0.4) is 0 Å². The van der Waals surface area contributed by atoms with Gasteiger partial charge in [0.25, 0.3) is 0 Å². The Bertz CT molecular complexity index is 801. The number of nitrogen functional groups attached to an aromatic ring is 1. The maximum Gasteiger partial charge on any atom is 0.220 e. The van der Waals surface area contributed by atoms with Crippen LogP contribution in [0.4, 0.5) is 11.8 Å². The summed E-state index contributed by atoms with van der Waals surface area (Å²) >= 11 is 0. The molecule has 2 aromatic rings. The van der Waals surface area contributed by atoms with E-state index in [1.165, 1.54) is 11.1 Å². The molecule has 1 spiro atoms. The van der Waals surface area contributed by atoms with Crippen LogP contribution in [0.25, 0.3) is 0 Å². The molecule has 0 radical (unpaired) electrons. The van der Waals surface area contributed by atoms with Gasteiger partial charge in [-0.15, -0.1) is 0 Å². The van der Waals surface area contributed by atoms with E-state index in [1.807, 2.05) is 19.3 Å². The number of aromatic nitrogens is 4. The smallest absolute Gasteiger partial charge is 0.220 e. The van der Waals surface area contributed by atoms with Crippen molar-refractivity contribution in [1.29, 1.82) is 0 Å². The highest BCUT2D eigenvalue weighted by atomic mass is 16.5. The molecule has 138 valence electrons. The normalized spacial score (nSPS) is 18.8. The Labute approximate surface area is 154 Å². The minimum absolute atomic E-state index is 0.327. The summed E-state index contributed by atoms with van der Waals surface area (Å²) in [6.45, 7) is 6.62. The molecule has 2 aromatic heterocycles. The van der Waals surface area contributed by atoms with Crippen molar-refractivity contribution in [3.63, 3.8) is 0 Å². The lowest BCUT2D eigenvalue weighted by molar-refractivity contribution is -0.0801. The summed E-state index contributed by atoms with van der Waals surface area (Å²) in [7, 11) is 0. The topological polar surface area (TPSA) is 90.0 Å². The summed E-state index contributed by atoms with van der Waals surface area (Å²) in [4.78, 5) is 20.2. The van der Waals surface area contributed by atoms with Gasteiger partial charge in [0.2, 0.25) is 5.95 Å². The van der Waals surface area contributed by atoms with Crippen molar-refractivity contribution in [2.45, 2.75) is 51.6 Å². The number of aryl methyl sites for hydroxylation is 2. The van der Waals surface area contributed by atoms with Crippen molar-refractivity contribution >= 4 is 11.8 Å². The van der Waals surface area contributed by atoms with Gasteiger partial charge in [-0.25, -0.2) is 19.9 Å². The summed E-state index contributed by atoms with van der Waals surface area (Å²) < 4.78 is 6.27. The number of nitrogens with two attached hydrogens (primary N) is 1. The predicted octanol–water partition coefficient (Wildman–Crippen LogP) is 2.18. The molecule has 2 aliphatic heterocycles. The summed E-state index contributed by atoms with van der Waals surface area (Å²) in [5.74, 6) is 2.22. The van der Waals surface area contributed by atoms with Gasteiger partial charge in [-0.3, -0.25) is 0 Å². The maximum absolute atomic E-state index is 6.27. The largest absolute Gasteiger partial charge is 0.368 e. The van der Waals surface area contributed by atoms with Crippen LogP contribution < -0.4 is 10.6 Å². The zero-order valence-corrected chi connectivity index (χ0v) is 15.5. The van der Waals surface area contributed by atoms with E-state index in [0.717, 1.165) is 62.5 Å². The van der Waals surface area contributed by atoms with Gasteiger partial charge in [0.05, 0.1) is 12.3 Å². The third-order valence-corrected chi connectivity index (χ3v) is 5.42.